The summed E-state index contributed by atoms with van der Waals surface area (Å²) >= 11 is 4.04. The molecular formula is C66H53BN2S2. The molecule has 1 spiro atoms. The summed E-state index contributed by atoms with van der Waals surface area (Å²) in [6.45, 7) is 9.48. The molecule has 0 N–H and O–H groups in total. The van der Waals surface area contributed by atoms with Crippen LogP contribution in [0.4, 0.5) is 16.4 Å². The van der Waals surface area contributed by atoms with Crippen LogP contribution in [0.25, 0.3) is 68.9 Å². The van der Waals surface area contributed by atoms with E-state index in [0.29, 0.717) is 16.7 Å². The second-order valence-corrected chi connectivity index (χ2v) is 25.9. The fraction of sp³-hybridized carbons (Fsp3) is 0.242. The van der Waals surface area contributed by atoms with E-state index in [0.717, 1.165) is 17.8 Å². The number of thiophene rings is 2. The molecule has 71 heavy (non-hydrogen) atoms. The Morgan fingerprint density at radius 3 is 2.04 bits per heavy atom. The fourth-order valence-electron chi connectivity index (χ4n) is 17.0. The molecule has 4 saturated carbocycles. The van der Waals surface area contributed by atoms with Gasteiger partial charge in [0.15, 0.2) is 0 Å². The van der Waals surface area contributed by atoms with Crippen molar-refractivity contribution < 1.29 is 0 Å². The van der Waals surface area contributed by atoms with Crippen LogP contribution < -0.4 is 21.3 Å². The van der Waals surface area contributed by atoms with Crippen LogP contribution in [-0.2, 0) is 5.41 Å². The Kier molecular flexibility index (Phi) is 7.68. The van der Waals surface area contributed by atoms with Gasteiger partial charge in [-0.3, -0.25) is 0 Å². The number of aromatic nitrogens is 1. The van der Waals surface area contributed by atoms with Crippen molar-refractivity contribution in [1.29, 1.82) is 0 Å². The van der Waals surface area contributed by atoms with Gasteiger partial charge in [-0.25, -0.2) is 0 Å². The van der Waals surface area contributed by atoms with Crippen molar-refractivity contribution in [3.63, 3.8) is 0 Å². The van der Waals surface area contributed by atoms with E-state index in [9.17, 15) is 0 Å². The van der Waals surface area contributed by atoms with E-state index in [4.69, 9.17) is 0 Å². The standard InChI is InChI=1S/C66H53BN2S2/c1-37-28-52-53(36-65-34-41-30-40-31-42(35-65)66(40,41)65)49-25-26-50-51-32-44(68-55-18-9-7-15-46(55)47-16-8-10-19-56(47)68)24-27-58(51)70-62(50)61(49)67-54-33-59(48-17-11-13-38-12-5-6-14-45(38)48)71-63(54)69(57(29-37)60(52)67)43-22-20-39(21-23-43)64(2,3)4/h5-29,32-33,40-42,53H,30-31,34-36H2,1-4H3. The highest BCUT2D eigenvalue weighted by atomic mass is 32.1. The maximum atomic E-state index is 2.69. The molecule has 17 rings (SSSR count). The second kappa shape index (κ2) is 13.6. The van der Waals surface area contributed by atoms with Gasteiger partial charge in [0.05, 0.1) is 16.0 Å². The molecule has 0 amide bonds. The summed E-state index contributed by atoms with van der Waals surface area (Å²) in [5, 5.41) is 9.34. The molecule has 3 atom stereocenters. The first-order valence-electron chi connectivity index (χ1n) is 26.3. The highest BCUT2D eigenvalue weighted by Gasteiger charge is 2.87. The van der Waals surface area contributed by atoms with Crippen molar-refractivity contribution in [3.05, 3.63) is 186 Å². The molecule has 0 radical (unpaired) electrons. The molecule has 3 aromatic heterocycles. The van der Waals surface area contributed by atoms with E-state index >= 15 is 0 Å². The van der Waals surface area contributed by atoms with Crippen LogP contribution in [0.3, 0.4) is 0 Å². The number of aryl methyl sites for hydroxylation is 1. The predicted molar refractivity (Wildman–Crippen MR) is 304 cm³/mol. The van der Waals surface area contributed by atoms with Gasteiger partial charge in [-0.15, -0.1) is 22.7 Å². The summed E-state index contributed by atoms with van der Waals surface area (Å²) < 4.78 is 5.35. The number of benzene rings is 8. The van der Waals surface area contributed by atoms with Gasteiger partial charge < -0.3 is 9.47 Å². The smallest absolute Gasteiger partial charge is 0.250 e. The number of anilines is 3. The molecule has 6 aliphatic rings. The molecule has 2 nitrogen and oxygen atoms in total. The van der Waals surface area contributed by atoms with Gasteiger partial charge in [0.1, 0.15) is 0 Å². The zero-order valence-corrected chi connectivity index (χ0v) is 42.4. The number of hydrogen-bond acceptors (Lipinski definition) is 3. The minimum Gasteiger partial charge on any atom is -0.309 e. The van der Waals surface area contributed by atoms with E-state index in [1.807, 2.05) is 11.3 Å². The number of nitrogens with zero attached hydrogens (tertiary/aromatic N) is 2. The van der Waals surface area contributed by atoms with Crippen LogP contribution in [0.15, 0.2) is 164 Å². The third-order valence-corrected chi connectivity index (χ3v) is 22.1. The zero-order chi connectivity index (χ0) is 46.9. The van der Waals surface area contributed by atoms with Gasteiger partial charge in [0, 0.05) is 53.4 Å². The van der Waals surface area contributed by atoms with Crippen molar-refractivity contribution in [2.24, 2.45) is 28.6 Å². The molecule has 3 unspecified atom stereocenters. The lowest BCUT2D eigenvalue weighted by molar-refractivity contribution is -0.434. The summed E-state index contributed by atoms with van der Waals surface area (Å²) in [7, 11) is 0. The van der Waals surface area contributed by atoms with Gasteiger partial charge in [0.25, 0.3) is 0 Å². The van der Waals surface area contributed by atoms with Gasteiger partial charge in [-0.05, 0) is 188 Å². The summed E-state index contributed by atoms with van der Waals surface area (Å²) in [6, 6.07) is 63.7. The first-order valence-corrected chi connectivity index (χ1v) is 27.9. The van der Waals surface area contributed by atoms with Gasteiger partial charge >= 0.3 is 0 Å². The first-order chi connectivity index (χ1) is 34.7. The molecule has 5 heteroatoms. The Hall–Kier alpha value is -6.40. The van der Waals surface area contributed by atoms with Crippen LogP contribution >= 0.6 is 22.7 Å². The Bertz CT molecular complexity index is 4080. The molecule has 0 saturated heterocycles. The zero-order valence-electron chi connectivity index (χ0n) is 40.7. The molecular weight excluding hydrogens is 896 g/mol. The van der Waals surface area contributed by atoms with Crippen LogP contribution in [0, 0.1) is 35.5 Å². The van der Waals surface area contributed by atoms with Gasteiger partial charge in [0.2, 0.25) is 6.71 Å². The van der Waals surface area contributed by atoms with E-state index in [1.165, 1.54) is 134 Å². The summed E-state index contributed by atoms with van der Waals surface area (Å²) in [5.41, 5.74) is 19.5. The quantitative estimate of drug-likeness (QED) is 0.156. The van der Waals surface area contributed by atoms with Crippen molar-refractivity contribution in [3.8, 4) is 16.1 Å². The van der Waals surface area contributed by atoms with Crippen LogP contribution in [-0.4, -0.2) is 11.3 Å². The molecule has 8 aromatic carbocycles. The number of para-hydroxylation sites is 2. The van der Waals surface area contributed by atoms with E-state index in [-0.39, 0.29) is 12.1 Å². The Labute approximate surface area is 423 Å². The van der Waals surface area contributed by atoms with E-state index in [2.05, 4.69) is 212 Å². The topological polar surface area (TPSA) is 8.17 Å². The molecule has 5 heterocycles. The van der Waals surface area contributed by atoms with E-state index in [1.54, 1.807) is 22.1 Å². The monoisotopic (exact) mass is 948 g/mol. The van der Waals surface area contributed by atoms with Crippen LogP contribution in [0.5, 0.6) is 0 Å². The molecule has 0 bridgehead atoms. The Morgan fingerprint density at radius 2 is 1.31 bits per heavy atom. The maximum Gasteiger partial charge on any atom is 0.250 e. The van der Waals surface area contributed by atoms with Crippen molar-refractivity contribution in [2.45, 2.75) is 71.1 Å². The Balaban J connectivity index is 0.934. The van der Waals surface area contributed by atoms with Gasteiger partial charge in [-0.1, -0.05) is 130 Å². The molecule has 2 aliphatic heterocycles. The maximum absolute atomic E-state index is 2.69. The summed E-state index contributed by atoms with van der Waals surface area (Å²) in [6.07, 6.45) is 7.20. The lowest BCUT2D eigenvalue weighted by Crippen LogP contribution is -2.85. The van der Waals surface area contributed by atoms with Gasteiger partial charge in [-0.2, -0.15) is 0 Å². The van der Waals surface area contributed by atoms with E-state index < -0.39 is 0 Å². The number of hydrogen-bond donors (Lipinski definition) is 0. The SMILES string of the molecule is Cc1cc2c3c(c1)N(c1ccc(C(C)(C)C)cc1)c1sc(-c4cccc5ccccc45)cc1B3c1c(ccc3c1sc1ccc(-n4c5ccccc5c5ccccc54)cc13)C2CC12CC3CC4CC(C1)C432. The van der Waals surface area contributed by atoms with Crippen LogP contribution in [0.2, 0.25) is 0 Å². The van der Waals surface area contributed by atoms with Crippen molar-refractivity contribution in [1.82, 2.24) is 4.57 Å². The average molecular weight is 949 g/mol. The minimum absolute atomic E-state index is 0.0697. The molecule has 4 aliphatic carbocycles. The molecule has 4 fully saturated rings. The second-order valence-electron chi connectivity index (χ2n) is 23.8. The minimum atomic E-state index is 0.0697. The third-order valence-electron chi connectivity index (χ3n) is 19.7. The van der Waals surface area contributed by atoms with Crippen molar-refractivity contribution >= 4 is 115 Å². The Morgan fingerprint density at radius 1 is 0.606 bits per heavy atom. The molecule has 11 aromatic rings. The number of rotatable bonds is 5. The average Bonchev–Trinajstić information content (AvgIpc) is 4.15. The van der Waals surface area contributed by atoms with Crippen LogP contribution in [0.1, 0.15) is 81.0 Å². The fourth-order valence-corrected chi connectivity index (χ4v) is 19.5. The highest BCUT2D eigenvalue weighted by Crippen LogP contribution is 2.94. The summed E-state index contributed by atoms with van der Waals surface area (Å²) in [4.78, 5) is 4.04. The van der Waals surface area contributed by atoms with Crippen molar-refractivity contribution in [2.75, 3.05) is 4.90 Å². The highest BCUT2D eigenvalue weighted by molar-refractivity contribution is 7.28. The predicted octanol–water partition coefficient (Wildman–Crippen LogP) is 16.2. The molecule has 342 valence electrons. The normalized spacial score (nSPS) is 24.2. The lowest BCUT2D eigenvalue weighted by Gasteiger charge is -2.92. The number of fused-ring (bicyclic) bond motifs is 12. The largest absolute Gasteiger partial charge is 0.309 e. The third kappa shape index (κ3) is 4.96. The summed E-state index contributed by atoms with van der Waals surface area (Å²) in [5.74, 6) is 3.33. The lowest BCUT2D eigenvalue weighted by atomic mass is 9.12. The first kappa shape index (κ1) is 40.2.